The van der Waals surface area contributed by atoms with Crippen LogP contribution in [-0.4, -0.2) is 0 Å². The predicted octanol–water partition coefficient (Wildman–Crippen LogP) is 23.0. The van der Waals surface area contributed by atoms with Crippen LogP contribution in [0, 0.1) is 142 Å². The van der Waals surface area contributed by atoms with Crippen LogP contribution in [0.25, 0.3) is 0 Å². The largest absolute Gasteiger partial charge is 0.0849 e. The average molecular weight is 974 g/mol. The molecule has 0 amide bonds. The highest BCUT2D eigenvalue weighted by Crippen LogP contribution is 2.40. The molecule has 0 nitrogen and oxygen atoms in total. The van der Waals surface area contributed by atoms with Crippen LogP contribution in [0.15, 0.2) is 48.6 Å². The number of hydrogen-bond donors (Lipinski definition) is 0. The molecule has 0 saturated heterocycles. The summed E-state index contributed by atoms with van der Waals surface area (Å²) in [5.74, 6) is 21.2. The maximum absolute atomic E-state index is 2.44. The van der Waals surface area contributed by atoms with E-state index in [1.54, 1.807) is 0 Å². The highest BCUT2D eigenvalue weighted by Gasteiger charge is 2.29. The molecule has 3 saturated carbocycles. The molecule has 0 heteroatoms. The van der Waals surface area contributed by atoms with Gasteiger partial charge in [-0.15, -0.1) is 0 Å². The summed E-state index contributed by atoms with van der Waals surface area (Å²) >= 11 is 0. The fraction of sp³-hybridized carbons (Fsp3) is 0.886. The number of allylic oxidation sites excluding steroid dienone is 8. The molecule has 8 atom stereocenters. The standard InChI is InChI=1S/C12H24.C12H22.C12H20.C12H24.C11H22.C11H20/c3*1-9(2)11-5-7-12(8-6-11)10(3)4;1-9(2)11-6-5-7-12(8-11)10(3)4;2*1-8(2)10-5-6-11(7-10)9(3)4/h9-12H,5-8H2,1-4H3;5,7,9-12H,6,8H2,1-4H3;5-12H,1-4H3;9-12H,5-8H2,1-4H3;8-11H,5-7H2,1-4H3;5-6,8-11H,7H2,1-4H3. The van der Waals surface area contributed by atoms with Gasteiger partial charge in [-0.2, -0.15) is 0 Å². The summed E-state index contributed by atoms with van der Waals surface area (Å²) in [5.41, 5.74) is 0. The van der Waals surface area contributed by atoms with Gasteiger partial charge in [-0.3, -0.25) is 0 Å². The van der Waals surface area contributed by atoms with Crippen molar-refractivity contribution >= 4 is 0 Å². The van der Waals surface area contributed by atoms with E-state index in [4.69, 9.17) is 0 Å². The Morgan fingerprint density at radius 1 is 0.200 bits per heavy atom. The zero-order chi connectivity index (χ0) is 53.4. The van der Waals surface area contributed by atoms with Crippen LogP contribution in [0.4, 0.5) is 0 Å². The lowest BCUT2D eigenvalue weighted by atomic mass is 9.72. The maximum atomic E-state index is 2.44. The van der Waals surface area contributed by atoms with E-state index in [0.717, 1.165) is 130 Å². The van der Waals surface area contributed by atoms with E-state index in [0.29, 0.717) is 11.8 Å². The minimum atomic E-state index is 0.667. The third kappa shape index (κ3) is 26.4. The lowest BCUT2D eigenvalue weighted by molar-refractivity contribution is 0.177. The summed E-state index contributed by atoms with van der Waals surface area (Å²) in [6.45, 7) is 56.2. The van der Waals surface area contributed by atoms with Gasteiger partial charge >= 0.3 is 0 Å². The third-order valence-corrected chi connectivity index (χ3v) is 19.4. The van der Waals surface area contributed by atoms with Crippen molar-refractivity contribution in [2.45, 2.75) is 256 Å². The lowest BCUT2D eigenvalue weighted by Gasteiger charge is -2.33. The molecular formula is C70H132. The molecule has 412 valence electrons. The molecular weight excluding hydrogens is 841 g/mol. The Hall–Kier alpha value is -1.04. The van der Waals surface area contributed by atoms with Gasteiger partial charge < -0.3 is 0 Å². The third-order valence-electron chi connectivity index (χ3n) is 19.4. The smallest absolute Gasteiger partial charge is 0.00300 e. The Morgan fingerprint density at radius 2 is 0.429 bits per heavy atom. The molecule has 70 heavy (non-hydrogen) atoms. The first-order valence-electron chi connectivity index (χ1n) is 31.4. The molecule has 0 aromatic carbocycles. The fourth-order valence-corrected chi connectivity index (χ4v) is 12.5. The monoisotopic (exact) mass is 973 g/mol. The highest BCUT2D eigenvalue weighted by atomic mass is 14.3. The predicted molar refractivity (Wildman–Crippen MR) is 321 cm³/mol. The Bertz CT molecular complexity index is 1260. The zero-order valence-electron chi connectivity index (χ0n) is 52.4. The van der Waals surface area contributed by atoms with Crippen molar-refractivity contribution in [3.8, 4) is 0 Å². The Labute approximate surface area is 444 Å². The van der Waals surface area contributed by atoms with Crippen LogP contribution < -0.4 is 0 Å². The Kier molecular flexibility index (Phi) is 33.7. The van der Waals surface area contributed by atoms with Crippen LogP contribution in [0.1, 0.15) is 256 Å². The van der Waals surface area contributed by atoms with Crippen molar-refractivity contribution in [3.63, 3.8) is 0 Å². The van der Waals surface area contributed by atoms with E-state index in [1.165, 1.54) is 89.9 Å². The minimum absolute atomic E-state index is 0.667. The minimum Gasteiger partial charge on any atom is -0.0849 e. The Morgan fingerprint density at radius 3 is 0.614 bits per heavy atom. The Balaban J connectivity index is 0.000000420. The van der Waals surface area contributed by atoms with Crippen molar-refractivity contribution in [3.05, 3.63) is 48.6 Å². The van der Waals surface area contributed by atoms with Crippen molar-refractivity contribution in [2.75, 3.05) is 0 Å². The normalized spacial score (nSPS) is 30.8. The van der Waals surface area contributed by atoms with Crippen LogP contribution in [0.3, 0.4) is 0 Å². The van der Waals surface area contributed by atoms with Gasteiger partial charge in [-0.1, -0.05) is 234 Å². The van der Waals surface area contributed by atoms with E-state index in [2.05, 4.69) is 215 Å². The molecule has 0 aromatic rings. The highest BCUT2D eigenvalue weighted by molar-refractivity contribution is 5.14. The molecule has 0 N–H and O–H groups in total. The van der Waals surface area contributed by atoms with E-state index in [-0.39, 0.29) is 0 Å². The fourth-order valence-electron chi connectivity index (χ4n) is 12.5. The molecule has 0 aromatic heterocycles. The van der Waals surface area contributed by atoms with Gasteiger partial charge in [0.1, 0.15) is 0 Å². The first kappa shape index (κ1) is 67.0. The first-order chi connectivity index (χ1) is 32.7. The van der Waals surface area contributed by atoms with Crippen molar-refractivity contribution < 1.29 is 0 Å². The molecule has 8 unspecified atom stereocenters. The SMILES string of the molecule is CC(C)C1C=CC(C(C)C)C1.CC(C)C1C=CC(C(C)C)C=C1.CC(C)C1C=CC(C(C)C)CC1.CC(C)C1CCC(C(C)C)C1.CC(C)C1CCC(C(C)C)CC1.CC(C)C1CCCC(C(C)C)C1. The summed E-state index contributed by atoms with van der Waals surface area (Å²) in [4.78, 5) is 0. The van der Waals surface area contributed by atoms with Crippen molar-refractivity contribution in [2.24, 2.45) is 142 Å². The van der Waals surface area contributed by atoms with E-state index < -0.39 is 0 Å². The second-order valence-electron chi connectivity index (χ2n) is 28.8. The van der Waals surface area contributed by atoms with Crippen molar-refractivity contribution in [1.29, 1.82) is 0 Å². The van der Waals surface area contributed by atoms with Gasteiger partial charge in [-0.25, -0.2) is 0 Å². The molecule has 6 rings (SSSR count). The average Bonchev–Trinajstić information content (AvgIpc) is 4.03. The number of rotatable bonds is 12. The van der Waals surface area contributed by atoms with Crippen LogP contribution in [0.5, 0.6) is 0 Å². The van der Waals surface area contributed by atoms with Crippen LogP contribution in [0.2, 0.25) is 0 Å². The molecule has 6 aliphatic rings. The topological polar surface area (TPSA) is 0 Å². The van der Waals surface area contributed by atoms with Crippen LogP contribution in [-0.2, 0) is 0 Å². The maximum Gasteiger partial charge on any atom is -0.00300 e. The van der Waals surface area contributed by atoms with Crippen molar-refractivity contribution in [1.82, 2.24) is 0 Å². The van der Waals surface area contributed by atoms with Gasteiger partial charge in [0.05, 0.1) is 0 Å². The second kappa shape index (κ2) is 35.3. The van der Waals surface area contributed by atoms with E-state index in [9.17, 15) is 0 Å². The molecule has 0 heterocycles. The van der Waals surface area contributed by atoms with E-state index in [1.807, 2.05) is 0 Å². The molecule has 6 aliphatic carbocycles. The van der Waals surface area contributed by atoms with Gasteiger partial charge in [0.25, 0.3) is 0 Å². The summed E-state index contributed by atoms with van der Waals surface area (Å²) in [7, 11) is 0. The quantitative estimate of drug-likeness (QED) is 0.171. The van der Waals surface area contributed by atoms with Gasteiger partial charge in [0, 0.05) is 0 Å². The summed E-state index contributed by atoms with van der Waals surface area (Å²) in [5, 5.41) is 0. The molecule has 0 bridgehead atoms. The summed E-state index contributed by atoms with van der Waals surface area (Å²) in [6.07, 6.45) is 39.7. The molecule has 0 spiro atoms. The van der Waals surface area contributed by atoms with E-state index >= 15 is 0 Å². The molecule has 0 radical (unpaired) electrons. The molecule has 0 aliphatic heterocycles. The van der Waals surface area contributed by atoms with Gasteiger partial charge in [0.2, 0.25) is 0 Å². The zero-order valence-corrected chi connectivity index (χ0v) is 52.4. The molecule has 3 fully saturated rings. The second-order valence-corrected chi connectivity index (χ2v) is 28.8. The lowest BCUT2D eigenvalue weighted by Crippen LogP contribution is -2.22. The first-order valence-corrected chi connectivity index (χ1v) is 31.4. The van der Waals surface area contributed by atoms with Crippen LogP contribution >= 0.6 is 0 Å². The summed E-state index contributed by atoms with van der Waals surface area (Å²) in [6, 6.07) is 0. The number of hydrogen-bond acceptors (Lipinski definition) is 0. The van der Waals surface area contributed by atoms with Gasteiger partial charge in [0.15, 0.2) is 0 Å². The van der Waals surface area contributed by atoms with Gasteiger partial charge in [-0.05, 0) is 213 Å². The summed E-state index contributed by atoms with van der Waals surface area (Å²) < 4.78 is 0.